The fraction of sp³-hybridized carbons (Fsp3) is 0.714. The van der Waals surface area contributed by atoms with Gasteiger partial charge in [-0.25, -0.2) is 4.98 Å². The molecule has 0 amide bonds. The monoisotopic (exact) mass is 264 g/mol. The summed E-state index contributed by atoms with van der Waals surface area (Å²) in [6, 6.07) is 1.54. The normalized spacial score (nSPS) is 17.6. The minimum Gasteiger partial charge on any atom is -0.370 e. The first-order valence-electron chi connectivity index (χ1n) is 7.27. The molecule has 0 saturated carbocycles. The maximum atomic E-state index is 11.5. The molecule has 2 rings (SSSR count). The summed E-state index contributed by atoms with van der Waals surface area (Å²) in [7, 11) is 0. The van der Waals surface area contributed by atoms with Crippen molar-refractivity contribution in [3.8, 4) is 0 Å². The lowest BCUT2D eigenvalue weighted by atomic mass is 9.97. The van der Waals surface area contributed by atoms with E-state index < -0.39 is 0 Å². The van der Waals surface area contributed by atoms with E-state index in [1.807, 2.05) is 6.92 Å². The Kier molecular flexibility index (Phi) is 4.96. The average Bonchev–Trinajstić information content (AvgIpc) is 2.45. The molecule has 0 spiro atoms. The van der Waals surface area contributed by atoms with E-state index in [-0.39, 0.29) is 5.56 Å². The zero-order chi connectivity index (χ0) is 13.7. The average molecular weight is 264 g/mol. The quantitative estimate of drug-likeness (QED) is 0.845. The van der Waals surface area contributed by atoms with E-state index in [1.165, 1.54) is 25.9 Å². The molecule has 0 aliphatic carbocycles. The minimum atomic E-state index is -0.0739. The molecule has 1 aromatic rings. The first-order chi connectivity index (χ1) is 9.21. The number of aryl methyl sites for hydroxylation is 1. The number of aromatic amines is 1. The van der Waals surface area contributed by atoms with Gasteiger partial charge in [0, 0.05) is 19.0 Å². The zero-order valence-electron chi connectivity index (χ0n) is 11.9. The van der Waals surface area contributed by atoms with E-state index >= 15 is 0 Å². The summed E-state index contributed by atoms with van der Waals surface area (Å²) in [6.45, 7) is 8.64. The smallest absolute Gasteiger partial charge is 0.252 e. The van der Waals surface area contributed by atoms with Crippen LogP contribution in [0.5, 0.6) is 0 Å². The number of piperidine rings is 1. The summed E-state index contributed by atoms with van der Waals surface area (Å²) in [4.78, 5) is 21.1. The van der Waals surface area contributed by atoms with Crippen molar-refractivity contribution in [3.05, 3.63) is 22.2 Å². The van der Waals surface area contributed by atoms with Crippen molar-refractivity contribution in [1.29, 1.82) is 0 Å². The molecule has 106 valence electrons. The Morgan fingerprint density at radius 2 is 2.16 bits per heavy atom. The Balaban J connectivity index is 1.85. The molecule has 1 aliphatic rings. The molecule has 0 unspecified atom stereocenters. The van der Waals surface area contributed by atoms with Gasteiger partial charge >= 0.3 is 0 Å². The van der Waals surface area contributed by atoms with Crippen LogP contribution in [0.2, 0.25) is 0 Å². The maximum absolute atomic E-state index is 11.5. The lowest BCUT2D eigenvalue weighted by Gasteiger charge is -2.31. The van der Waals surface area contributed by atoms with Gasteiger partial charge in [0.05, 0.1) is 0 Å². The standard InChI is InChI=1S/C14H24N4O/c1-3-12-16-13(9-14(19)17-12)15-10-11-5-7-18(4-2)8-6-11/h9,11H,3-8,10H2,1-2H3,(H2,15,16,17,19). The van der Waals surface area contributed by atoms with E-state index in [0.717, 1.165) is 25.3 Å². The highest BCUT2D eigenvalue weighted by Gasteiger charge is 2.17. The largest absolute Gasteiger partial charge is 0.370 e. The van der Waals surface area contributed by atoms with Crippen molar-refractivity contribution in [2.75, 3.05) is 31.5 Å². The van der Waals surface area contributed by atoms with Gasteiger partial charge in [0.1, 0.15) is 11.6 Å². The van der Waals surface area contributed by atoms with Crippen molar-refractivity contribution >= 4 is 5.82 Å². The van der Waals surface area contributed by atoms with Crippen LogP contribution in [0.4, 0.5) is 5.82 Å². The Morgan fingerprint density at radius 3 is 2.79 bits per heavy atom. The molecule has 1 fully saturated rings. The zero-order valence-corrected chi connectivity index (χ0v) is 11.9. The third kappa shape index (κ3) is 4.06. The first kappa shape index (κ1) is 14.1. The van der Waals surface area contributed by atoms with Gasteiger partial charge in [-0.05, 0) is 38.4 Å². The van der Waals surface area contributed by atoms with Crippen LogP contribution < -0.4 is 10.9 Å². The highest BCUT2D eigenvalue weighted by molar-refractivity contribution is 5.32. The third-order valence-corrected chi connectivity index (χ3v) is 3.85. The van der Waals surface area contributed by atoms with Crippen LogP contribution in [-0.2, 0) is 6.42 Å². The second-order valence-electron chi connectivity index (χ2n) is 5.19. The molecule has 0 radical (unpaired) electrons. The number of nitrogens with zero attached hydrogens (tertiary/aromatic N) is 2. The summed E-state index contributed by atoms with van der Waals surface area (Å²) in [5.41, 5.74) is -0.0739. The van der Waals surface area contributed by atoms with E-state index in [1.54, 1.807) is 6.07 Å². The molecule has 2 N–H and O–H groups in total. The second kappa shape index (κ2) is 6.70. The van der Waals surface area contributed by atoms with Crippen molar-refractivity contribution in [2.24, 2.45) is 5.92 Å². The summed E-state index contributed by atoms with van der Waals surface area (Å²) >= 11 is 0. The molecule has 0 atom stereocenters. The van der Waals surface area contributed by atoms with Crippen molar-refractivity contribution in [3.63, 3.8) is 0 Å². The Hall–Kier alpha value is -1.36. The van der Waals surface area contributed by atoms with Crippen LogP contribution in [-0.4, -0.2) is 41.0 Å². The van der Waals surface area contributed by atoms with Crippen molar-refractivity contribution in [2.45, 2.75) is 33.1 Å². The number of aromatic nitrogens is 2. The molecule has 1 aliphatic heterocycles. The molecule has 5 heteroatoms. The number of anilines is 1. The van der Waals surface area contributed by atoms with Crippen LogP contribution in [0.15, 0.2) is 10.9 Å². The van der Waals surface area contributed by atoms with Crippen LogP contribution in [0.3, 0.4) is 0 Å². The van der Waals surface area contributed by atoms with Crippen LogP contribution in [0.1, 0.15) is 32.5 Å². The minimum absolute atomic E-state index is 0.0739. The van der Waals surface area contributed by atoms with E-state index in [2.05, 4.69) is 27.1 Å². The number of H-pyrrole nitrogens is 1. The highest BCUT2D eigenvalue weighted by atomic mass is 16.1. The number of rotatable bonds is 5. The van der Waals surface area contributed by atoms with Crippen LogP contribution >= 0.6 is 0 Å². The van der Waals surface area contributed by atoms with Gasteiger partial charge in [-0.15, -0.1) is 0 Å². The molecule has 0 bridgehead atoms. The summed E-state index contributed by atoms with van der Waals surface area (Å²) < 4.78 is 0. The SMILES string of the molecule is CCc1nc(NCC2CCN(CC)CC2)cc(=O)[nH]1. The van der Waals surface area contributed by atoms with Gasteiger partial charge in [-0.1, -0.05) is 13.8 Å². The summed E-state index contributed by atoms with van der Waals surface area (Å²) in [5.74, 6) is 2.14. The molecule has 0 aromatic carbocycles. The number of likely N-dealkylation sites (tertiary alicyclic amines) is 1. The Morgan fingerprint density at radius 1 is 1.42 bits per heavy atom. The van der Waals surface area contributed by atoms with Crippen molar-refractivity contribution in [1.82, 2.24) is 14.9 Å². The van der Waals surface area contributed by atoms with E-state index in [4.69, 9.17) is 0 Å². The number of hydrogen-bond donors (Lipinski definition) is 2. The van der Waals surface area contributed by atoms with Crippen LogP contribution in [0.25, 0.3) is 0 Å². The Bertz CT molecular complexity index is 449. The van der Waals surface area contributed by atoms with Gasteiger partial charge in [-0.3, -0.25) is 4.79 Å². The molecule has 2 heterocycles. The fourth-order valence-electron chi connectivity index (χ4n) is 2.52. The Labute approximate surface area is 114 Å². The molecule has 5 nitrogen and oxygen atoms in total. The van der Waals surface area contributed by atoms with Gasteiger partial charge < -0.3 is 15.2 Å². The third-order valence-electron chi connectivity index (χ3n) is 3.85. The maximum Gasteiger partial charge on any atom is 0.252 e. The van der Waals surface area contributed by atoms with E-state index in [0.29, 0.717) is 11.7 Å². The molecular weight excluding hydrogens is 240 g/mol. The van der Waals surface area contributed by atoms with Gasteiger partial charge in [0.25, 0.3) is 5.56 Å². The molecule has 1 aromatic heterocycles. The van der Waals surface area contributed by atoms with Crippen molar-refractivity contribution < 1.29 is 0 Å². The predicted molar refractivity (Wildman–Crippen MR) is 77.6 cm³/mol. The molecular formula is C14H24N4O. The lowest BCUT2D eigenvalue weighted by Crippen LogP contribution is -2.35. The van der Waals surface area contributed by atoms with E-state index in [9.17, 15) is 4.79 Å². The lowest BCUT2D eigenvalue weighted by molar-refractivity contribution is 0.198. The molecule has 1 saturated heterocycles. The number of nitrogens with one attached hydrogen (secondary N) is 2. The number of hydrogen-bond acceptors (Lipinski definition) is 4. The molecule has 19 heavy (non-hydrogen) atoms. The fourth-order valence-corrected chi connectivity index (χ4v) is 2.52. The van der Waals surface area contributed by atoms with Gasteiger partial charge in [0.15, 0.2) is 0 Å². The summed E-state index contributed by atoms with van der Waals surface area (Å²) in [6.07, 6.45) is 3.20. The second-order valence-corrected chi connectivity index (χ2v) is 5.19. The van der Waals surface area contributed by atoms with Gasteiger partial charge in [0.2, 0.25) is 0 Å². The predicted octanol–water partition coefficient (Wildman–Crippen LogP) is 1.48. The summed E-state index contributed by atoms with van der Waals surface area (Å²) in [5, 5.41) is 3.31. The van der Waals surface area contributed by atoms with Crippen LogP contribution in [0, 0.1) is 5.92 Å². The highest BCUT2D eigenvalue weighted by Crippen LogP contribution is 2.17. The first-order valence-corrected chi connectivity index (χ1v) is 7.27. The topological polar surface area (TPSA) is 61.0 Å². The van der Waals surface area contributed by atoms with Gasteiger partial charge in [-0.2, -0.15) is 0 Å².